The number of hydrogen-bond acceptors (Lipinski definition) is 6. The van der Waals surface area contributed by atoms with Crippen molar-refractivity contribution >= 4 is 17.9 Å². The maximum absolute atomic E-state index is 12.9. The summed E-state index contributed by atoms with van der Waals surface area (Å²) in [6.07, 6.45) is 92.2. The standard InChI is InChI=1S/C73H122O6/c1-4-7-10-13-16-19-21-23-25-27-29-31-33-35-36-38-39-41-43-45-47-49-51-54-57-60-63-66-72(75)78-69-70(68-77-71(74)65-62-59-56-53-18-15-12-9-6-3)79-73(76)67-64-61-58-55-52-50-48-46-44-42-40-37-34-32-30-28-26-24-22-20-17-14-11-8-5-2/h8,11,17,20-21,23-24,26-27,29-30,32-33,35,37,40,44,46,50,52,70H,4-7,9-10,12-16,18-19,22,25,28,31,34,36,38-39,41-43,45,47-49,51,53-69H2,1-3H3/b11-8-,20-17-,23-21-,26-24-,29-27-,32-30-,35-33-,40-37-,46-44-,52-50-. The third-order valence-corrected chi connectivity index (χ3v) is 14.0. The predicted molar refractivity (Wildman–Crippen MR) is 343 cm³/mol. The summed E-state index contributed by atoms with van der Waals surface area (Å²) in [7, 11) is 0. The Kier molecular flexibility index (Phi) is 62.8. The van der Waals surface area contributed by atoms with Crippen molar-refractivity contribution in [3.05, 3.63) is 122 Å². The number of hydrogen-bond donors (Lipinski definition) is 0. The number of carbonyl (C=O) groups is 3. The van der Waals surface area contributed by atoms with E-state index in [1.165, 1.54) is 141 Å². The highest BCUT2D eigenvalue weighted by atomic mass is 16.6. The molecular formula is C73H122O6. The van der Waals surface area contributed by atoms with E-state index in [0.29, 0.717) is 12.8 Å². The lowest BCUT2D eigenvalue weighted by Gasteiger charge is -2.18. The van der Waals surface area contributed by atoms with Crippen LogP contribution in [-0.4, -0.2) is 37.2 Å². The summed E-state index contributed by atoms with van der Waals surface area (Å²) in [5.41, 5.74) is 0. The van der Waals surface area contributed by atoms with Gasteiger partial charge >= 0.3 is 17.9 Å². The molecule has 0 aromatic rings. The lowest BCUT2D eigenvalue weighted by molar-refractivity contribution is -0.167. The van der Waals surface area contributed by atoms with E-state index in [-0.39, 0.29) is 37.5 Å². The minimum absolute atomic E-state index is 0.0925. The van der Waals surface area contributed by atoms with Crippen LogP contribution >= 0.6 is 0 Å². The lowest BCUT2D eigenvalue weighted by Crippen LogP contribution is -2.30. The fourth-order valence-electron chi connectivity index (χ4n) is 9.02. The first kappa shape index (κ1) is 74.8. The molecule has 0 amide bonds. The Morgan fingerprint density at radius 2 is 0.494 bits per heavy atom. The molecule has 0 aliphatic carbocycles. The number of rotatable bonds is 59. The van der Waals surface area contributed by atoms with Crippen LogP contribution in [0.15, 0.2) is 122 Å². The van der Waals surface area contributed by atoms with Gasteiger partial charge in [0, 0.05) is 19.3 Å². The van der Waals surface area contributed by atoms with Crippen molar-refractivity contribution in [3.8, 4) is 0 Å². The Bertz CT molecular complexity index is 1640. The van der Waals surface area contributed by atoms with Gasteiger partial charge in [-0.25, -0.2) is 0 Å². The van der Waals surface area contributed by atoms with E-state index in [1.54, 1.807) is 0 Å². The Labute approximate surface area is 488 Å². The second-order valence-corrected chi connectivity index (χ2v) is 21.6. The summed E-state index contributed by atoms with van der Waals surface area (Å²) in [4.78, 5) is 38.2. The second kappa shape index (κ2) is 66.3. The average molecular weight is 1100 g/mol. The van der Waals surface area contributed by atoms with Crippen molar-refractivity contribution in [2.75, 3.05) is 13.2 Å². The van der Waals surface area contributed by atoms with E-state index in [9.17, 15) is 14.4 Å². The normalized spacial score (nSPS) is 12.9. The molecule has 6 heteroatoms. The Morgan fingerprint density at radius 1 is 0.266 bits per heavy atom. The maximum Gasteiger partial charge on any atom is 0.306 e. The molecule has 79 heavy (non-hydrogen) atoms. The van der Waals surface area contributed by atoms with Gasteiger partial charge in [-0.2, -0.15) is 0 Å². The molecule has 0 N–H and O–H groups in total. The van der Waals surface area contributed by atoms with Gasteiger partial charge in [0.25, 0.3) is 0 Å². The number of esters is 3. The zero-order chi connectivity index (χ0) is 57.1. The van der Waals surface area contributed by atoms with Gasteiger partial charge in [0.1, 0.15) is 13.2 Å². The fourth-order valence-corrected chi connectivity index (χ4v) is 9.02. The molecule has 0 saturated carbocycles. The molecule has 0 aliphatic heterocycles. The van der Waals surface area contributed by atoms with Crippen LogP contribution in [-0.2, 0) is 28.6 Å². The van der Waals surface area contributed by atoms with Gasteiger partial charge in [-0.1, -0.05) is 290 Å². The minimum atomic E-state index is -0.798. The summed E-state index contributed by atoms with van der Waals surface area (Å²) in [5, 5.41) is 0. The zero-order valence-corrected chi connectivity index (χ0v) is 51.6. The van der Waals surface area contributed by atoms with Gasteiger partial charge in [-0.3, -0.25) is 14.4 Å². The molecule has 0 radical (unpaired) electrons. The molecule has 0 aromatic heterocycles. The molecule has 0 bridgehead atoms. The summed E-state index contributed by atoms with van der Waals surface area (Å²) in [6.45, 7) is 6.48. The molecule has 0 aliphatic rings. The molecule has 0 rings (SSSR count). The maximum atomic E-state index is 12.9. The molecule has 450 valence electrons. The number of allylic oxidation sites excluding steroid dienone is 20. The van der Waals surface area contributed by atoms with Gasteiger partial charge in [-0.05, 0) is 116 Å². The number of unbranched alkanes of at least 4 members (excludes halogenated alkanes) is 28. The van der Waals surface area contributed by atoms with Crippen molar-refractivity contribution in [1.29, 1.82) is 0 Å². The van der Waals surface area contributed by atoms with Gasteiger partial charge in [0.05, 0.1) is 0 Å². The van der Waals surface area contributed by atoms with E-state index < -0.39 is 6.10 Å². The van der Waals surface area contributed by atoms with E-state index in [2.05, 4.69) is 142 Å². The highest BCUT2D eigenvalue weighted by Gasteiger charge is 2.19. The molecule has 1 unspecified atom stereocenters. The van der Waals surface area contributed by atoms with Crippen LogP contribution in [0.2, 0.25) is 0 Å². The van der Waals surface area contributed by atoms with Gasteiger partial charge in [0.15, 0.2) is 6.10 Å². The largest absolute Gasteiger partial charge is 0.462 e. The molecule has 0 heterocycles. The molecular weight excluding hydrogens is 973 g/mol. The first-order valence-electron chi connectivity index (χ1n) is 33.0. The second-order valence-electron chi connectivity index (χ2n) is 21.6. The number of carbonyl (C=O) groups excluding carboxylic acids is 3. The molecule has 0 aromatic carbocycles. The van der Waals surface area contributed by atoms with Gasteiger partial charge in [0.2, 0.25) is 0 Å². The van der Waals surface area contributed by atoms with Crippen LogP contribution in [0, 0.1) is 0 Å². The summed E-state index contributed by atoms with van der Waals surface area (Å²) in [5.74, 6) is -0.925. The van der Waals surface area contributed by atoms with Crippen molar-refractivity contribution in [2.45, 2.75) is 309 Å². The van der Waals surface area contributed by atoms with E-state index in [4.69, 9.17) is 14.2 Å². The molecule has 0 fully saturated rings. The SMILES string of the molecule is CC/C=C\C/C=C\C/C=C\C/C=C\C/C=C\C/C=C\C/C=C\CCCCCC(=O)OC(COC(=O)CCCCCCCCCCC)COC(=O)CCCCCCCCCCCCCC/C=C\C/C=C\C/C=C\CCCCCCC. The van der Waals surface area contributed by atoms with Crippen LogP contribution in [0.1, 0.15) is 303 Å². The zero-order valence-electron chi connectivity index (χ0n) is 51.6. The van der Waals surface area contributed by atoms with Gasteiger partial charge in [-0.15, -0.1) is 0 Å². The van der Waals surface area contributed by atoms with Crippen molar-refractivity contribution in [3.63, 3.8) is 0 Å². The topological polar surface area (TPSA) is 78.9 Å². The molecule has 0 spiro atoms. The smallest absolute Gasteiger partial charge is 0.306 e. The number of ether oxygens (including phenoxy) is 3. The molecule has 1 atom stereocenters. The third kappa shape index (κ3) is 64.5. The Morgan fingerprint density at radius 3 is 0.785 bits per heavy atom. The van der Waals surface area contributed by atoms with Crippen LogP contribution in [0.25, 0.3) is 0 Å². The van der Waals surface area contributed by atoms with E-state index >= 15 is 0 Å². The van der Waals surface area contributed by atoms with E-state index in [1.807, 2.05) is 0 Å². The molecule has 6 nitrogen and oxygen atoms in total. The quantitative estimate of drug-likeness (QED) is 0.0261. The predicted octanol–water partition coefficient (Wildman–Crippen LogP) is 22.8. The first-order chi connectivity index (χ1) is 39.0. The van der Waals surface area contributed by atoms with Crippen LogP contribution in [0.5, 0.6) is 0 Å². The summed E-state index contributed by atoms with van der Waals surface area (Å²) < 4.78 is 16.9. The van der Waals surface area contributed by atoms with Gasteiger partial charge < -0.3 is 14.2 Å². The summed E-state index contributed by atoms with van der Waals surface area (Å²) >= 11 is 0. The van der Waals surface area contributed by atoms with Crippen molar-refractivity contribution < 1.29 is 28.6 Å². The van der Waals surface area contributed by atoms with Crippen LogP contribution in [0.4, 0.5) is 0 Å². The first-order valence-corrected chi connectivity index (χ1v) is 33.0. The van der Waals surface area contributed by atoms with Crippen LogP contribution < -0.4 is 0 Å². The monoisotopic (exact) mass is 1090 g/mol. The summed E-state index contributed by atoms with van der Waals surface area (Å²) in [6, 6.07) is 0. The highest BCUT2D eigenvalue weighted by Crippen LogP contribution is 2.16. The fraction of sp³-hybridized carbons (Fsp3) is 0.685. The third-order valence-electron chi connectivity index (χ3n) is 14.0. The van der Waals surface area contributed by atoms with Crippen molar-refractivity contribution in [1.82, 2.24) is 0 Å². The Hall–Kier alpha value is -4.19. The minimum Gasteiger partial charge on any atom is -0.462 e. The Balaban J connectivity index is 4.29. The van der Waals surface area contributed by atoms with E-state index in [0.717, 1.165) is 122 Å². The molecule has 0 saturated heterocycles. The average Bonchev–Trinajstić information content (AvgIpc) is 3.45. The lowest BCUT2D eigenvalue weighted by atomic mass is 10.0. The van der Waals surface area contributed by atoms with Crippen molar-refractivity contribution in [2.24, 2.45) is 0 Å². The van der Waals surface area contributed by atoms with Crippen LogP contribution in [0.3, 0.4) is 0 Å². The highest BCUT2D eigenvalue weighted by molar-refractivity contribution is 5.71.